The van der Waals surface area contributed by atoms with E-state index in [1.807, 2.05) is 6.92 Å². The first kappa shape index (κ1) is 19.5. The molecule has 0 aromatic carbocycles. The third-order valence-corrected chi connectivity index (χ3v) is 5.46. The Labute approximate surface area is 155 Å². The fourth-order valence-corrected chi connectivity index (χ4v) is 4.03. The minimum Gasteiger partial charge on any atom is -0.463 e. The van der Waals surface area contributed by atoms with E-state index in [1.165, 1.54) is 23.1 Å². The van der Waals surface area contributed by atoms with E-state index in [0.29, 0.717) is 23.4 Å². The maximum atomic E-state index is 12.3. The highest BCUT2D eigenvalue weighted by Crippen LogP contribution is 2.28. The van der Waals surface area contributed by atoms with Gasteiger partial charge in [-0.25, -0.2) is 9.59 Å². The number of esters is 1. The van der Waals surface area contributed by atoms with Gasteiger partial charge in [0.2, 0.25) is 5.13 Å². The number of hydrogen-bond acceptors (Lipinski definition) is 8. The summed E-state index contributed by atoms with van der Waals surface area (Å²) in [4.78, 5) is 24.2. The molecule has 2 amide bonds. The molecule has 10 heteroatoms. The Morgan fingerprint density at radius 1 is 1.36 bits per heavy atom. The van der Waals surface area contributed by atoms with Crippen molar-refractivity contribution in [2.24, 2.45) is 0 Å². The second kappa shape index (κ2) is 9.62. The Hall–Kier alpha value is -1.81. The molecular weight excluding hydrogens is 362 g/mol. The third-order valence-electron chi connectivity index (χ3n) is 3.42. The molecule has 1 aliphatic heterocycles. The number of ether oxygens (including phenoxy) is 1. The summed E-state index contributed by atoms with van der Waals surface area (Å²) in [5, 5.41) is 17.6. The van der Waals surface area contributed by atoms with Gasteiger partial charge in [0.25, 0.3) is 0 Å². The van der Waals surface area contributed by atoms with E-state index < -0.39 is 5.97 Å². The lowest BCUT2D eigenvalue weighted by Gasteiger charge is -2.28. The largest absolute Gasteiger partial charge is 0.463 e. The van der Waals surface area contributed by atoms with Gasteiger partial charge in [-0.15, -0.1) is 10.2 Å². The van der Waals surface area contributed by atoms with E-state index in [0.717, 1.165) is 22.4 Å². The van der Waals surface area contributed by atoms with Crippen LogP contribution >= 0.6 is 23.1 Å². The van der Waals surface area contributed by atoms with Gasteiger partial charge in [0.05, 0.1) is 18.2 Å². The van der Waals surface area contributed by atoms with E-state index in [-0.39, 0.29) is 18.7 Å². The Kier molecular flexibility index (Phi) is 7.51. The van der Waals surface area contributed by atoms with Gasteiger partial charge in [0.1, 0.15) is 0 Å². The van der Waals surface area contributed by atoms with Gasteiger partial charge in [-0.3, -0.25) is 0 Å². The van der Waals surface area contributed by atoms with Crippen molar-refractivity contribution in [3.63, 3.8) is 0 Å². The summed E-state index contributed by atoms with van der Waals surface area (Å²) >= 11 is 2.88. The average molecular weight is 386 g/mol. The number of anilines is 1. The Morgan fingerprint density at radius 3 is 2.84 bits per heavy atom. The minimum atomic E-state index is -0.403. The minimum absolute atomic E-state index is 0.288. The highest BCUT2D eigenvalue weighted by Gasteiger charge is 2.31. The van der Waals surface area contributed by atoms with Crippen molar-refractivity contribution in [2.45, 2.75) is 44.0 Å². The summed E-state index contributed by atoms with van der Waals surface area (Å²) < 4.78 is 5.92. The molecule has 2 heterocycles. The predicted octanol–water partition coefficient (Wildman–Crippen LogP) is 2.36. The van der Waals surface area contributed by atoms with Crippen LogP contribution in [0.2, 0.25) is 0 Å². The van der Waals surface area contributed by atoms with Crippen molar-refractivity contribution in [2.75, 3.05) is 24.2 Å². The zero-order valence-corrected chi connectivity index (χ0v) is 16.2. The van der Waals surface area contributed by atoms with E-state index in [2.05, 4.69) is 33.1 Å². The van der Waals surface area contributed by atoms with Gasteiger partial charge in [-0.2, -0.15) is 0 Å². The number of carbonyl (C=O) groups excluding carboxylic acids is 2. The number of amides is 2. The molecule has 0 bridgehead atoms. The normalized spacial score (nSPS) is 17.1. The molecule has 25 heavy (non-hydrogen) atoms. The number of aromatic nitrogens is 2. The zero-order chi connectivity index (χ0) is 18.2. The number of carbonyl (C=O) groups is 2. The number of urea groups is 1. The van der Waals surface area contributed by atoms with E-state index in [4.69, 9.17) is 4.74 Å². The Morgan fingerprint density at radius 2 is 2.16 bits per heavy atom. The van der Waals surface area contributed by atoms with Gasteiger partial charge in [-0.05, 0) is 19.8 Å². The monoisotopic (exact) mass is 385 g/mol. The quantitative estimate of drug-likeness (QED) is 0.443. The number of nitrogens with zero attached hydrogens (tertiary/aromatic N) is 2. The molecule has 0 aliphatic carbocycles. The van der Waals surface area contributed by atoms with Crippen molar-refractivity contribution in [1.29, 1.82) is 0 Å². The van der Waals surface area contributed by atoms with Gasteiger partial charge < -0.3 is 20.7 Å². The molecule has 138 valence electrons. The molecule has 0 radical (unpaired) electrons. The van der Waals surface area contributed by atoms with Crippen molar-refractivity contribution < 1.29 is 14.3 Å². The number of thioether (sulfide) groups is 1. The molecule has 8 nitrogen and oxygen atoms in total. The van der Waals surface area contributed by atoms with Gasteiger partial charge in [-0.1, -0.05) is 36.9 Å². The van der Waals surface area contributed by atoms with Crippen LogP contribution in [0, 0.1) is 0 Å². The molecule has 0 spiro atoms. The molecule has 0 saturated carbocycles. The first-order valence-electron chi connectivity index (χ1n) is 8.26. The number of hydrogen-bond donors (Lipinski definition) is 3. The summed E-state index contributed by atoms with van der Waals surface area (Å²) in [5.41, 5.74) is 1.04. The maximum absolute atomic E-state index is 12.3. The first-order chi connectivity index (χ1) is 12.1. The van der Waals surface area contributed by atoms with Crippen LogP contribution in [0.5, 0.6) is 0 Å². The highest BCUT2D eigenvalue weighted by atomic mass is 32.2. The summed E-state index contributed by atoms with van der Waals surface area (Å²) in [6, 6.07) is -0.655. The summed E-state index contributed by atoms with van der Waals surface area (Å²) in [5.74, 6) is 0.0144. The van der Waals surface area contributed by atoms with Crippen LogP contribution in [0.25, 0.3) is 0 Å². The number of nitrogens with one attached hydrogen (secondary N) is 3. The Balaban J connectivity index is 2.12. The highest BCUT2D eigenvalue weighted by molar-refractivity contribution is 8.01. The van der Waals surface area contributed by atoms with Crippen LogP contribution in [-0.4, -0.2) is 47.1 Å². The molecule has 0 fully saturated rings. The van der Waals surface area contributed by atoms with Gasteiger partial charge >= 0.3 is 12.0 Å². The molecule has 2 rings (SSSR count). The van der Waals surface area contributed by atoms with Crippen molar-refractivity contribution in [3.8, 4) is 0 Å². The smallest absolute Gasteiger partial charge is 0.337 e. The van der Waals surface area contributed by atoms with Crippen LogP contribution in [0.4, 0.5) is 9.93 Å². The van der Waals surface area contributed by atoms with Crippen molar-refractivity contribution >= 4 is 40.2 Å². The van der Waals surface area contributed by atoms with Crippen LogP contribution < -0.4 is 16.0 Å². The lowest BCUT2D eigenvalue weighted by Crippen LogP contribution is -2.50. The van der Waals surface area contributed by atoms with E-state index in [1.54, 1.807) is 6.92 Å². The van der Waals surface area contributed by atoms with Crippen LogP contribution in [0.3, 0.4) is 0 Å². The summed E-state index contributed by atoms with van der Waals surface area (Å²) in [6.07, 6.45) is 1.62. The molecule has 1 aliphatic rings. The second-order valence-electron chi connectivity index (χ2n) is 5.26. The third kappa shape index (κ3) is 5.33. The van der Waals surface area contributed by atoms with Crippen LogP contribution in [-0.2, 0) is 9.53 Å². The molecule has 0 saturated heterocycles. The van der Waals surface area contributed by atoms with Crippen LogP contribution in [0.1, 0.15) is 33.6 Å². The molecule has 3 N–H and O–H groups in total. The SMILES string of the molecule is CCCNc1nnc(SCC2=C(C(=O)OCC)[C@@H](CC)NC(=O)N2)s1. The van der Waals surface area contributed by atoms with Gasteiger partial charge in [0.15, 0.2) is 4.34 Å². The second-order valence-corrected chi connectivity index (χ2v) is 7.46. The average Bonchev–Trinajstić information content (AvgIpc) is 3.05. The molecule has 1 atom stereocenters. The molecule has 1 aromatic heterocycles. The topological polar surface area (TPSA) is 105 Å². The van der Waals surface area contributed by atoms with Gasteiger partial charge in [0, 0.05) is 18.0 Å². The standard InChI is InChI=1S/C15H23N5O3S2/c1-4-7-16-14-19-20-15(25-14)24-8-10-11(12(21)23-6-3)9(5-2)17-13(22)18-10/h9H,4-8H2,1-3H3,(H,16,19)(H2,17,18,22)/t9-/m1/s1. The zero-order valence-electron chi connectivity index (χ0n) is 14.5. The lowest BCUT2D eigenvalue weighted by molar-refractivity contribution is -0.139. The summed E-state index contributed by atoms with van der Waals surface area (Å²) in [7, 11) is 0. The molecule has 1 aromatic rings. The van der Waals surface area contributed by atoms with E-state index in [9.17, 15) is 9.59 Å². The predicted molar refractivity (Wildman–Crippen MR) is 98.8 cm³/mol. The van der Waals surface area contributed by atoms with Crippen molar-refractivity contribution in [3.05, 3.63) is 11.3 Å². The fourth-order valence-electron chi connectivity index (χ4n) is 2.28. The first-order valence-corrected chi connectivity index (χ1v) is 10.1. The summed E-state index contributed by atoms with van der Waals surface area (Å²) in [6.45, 7) is 6.88. The van der Waals surface area contributed by atoms with Crippen molar-refractivity contribution in [1.82, 2.24) is 20.8 Å². The molecular formula is C15H23N5O3S2. The Bertz CT molecular complexity index is 647. The fraction of sp³-hybridized carbons (Fsp3) is 0.600. The van der Waals surface area contributed by atoms with Crippen LogP contribution in [0.15, 0.2) is 15.6 Å². The lowest BCUT2D eigenvalue weighted by atomic mass is 10.0. The number of rotatable bonds is 9. The maximum Gasteiger partial charge on any atom is 0.337 e. The molecule has 0 unspecified atom stereocenters. The van der Waals surface area contributed by atoms with E-state index >= 15 is 0 Å².